The molecule has 2 aromatic carbocycles. The normalized spacial score (nSPS) is 12.5. The maximum absolute atomic E-state index is 12.6. The third-order valence-corrected chi connectivity index (χ3v) is 5.14. The summed E-state index contributed by atoms with van der Waals surface area (Å²) in [7, 11) is -1.03. The van der Waals surface area contributed by atoms with Crippen molar-refractivity contribution in [3.05, 3.63) is 48.0 Å². The smallest absolute Gasteiger partial charge is 0.339 e. The summed E-state index contributed by atoms with van der Waals surface area (Å²) in [5, 5.41) is 0. The Labute approximate surface area is 143 Å². The number of hydrogen-bond acceptors (Lipinski definition) is 5. The van der Waals surface area contributed by atoms with E-state index in [0.29, 0.717) is 17.2 Å². The number of hydrogen-bond donors (Lipinski definition) is 0. The van der Waals surface area contributed by atoms with Crippen LogP contribution in [0.2, 0.25) is 0 Å². The van der Waals surface area contributed by atoms with E-state index in [4.69, 9.17) is 13.7 Å². The predicted molar refractivity (Wildman–Crippen MR) is 92.5 cm³/mol. The van der Waals surface area contributed by atoms with Crippen LogP contribution >= 0.6 is 0 Å². The summed E-state index contributed by atoms with van der Waals surface area (Å²) >= 11 is 0. The van der Waals surface area contributed by atoms with E-state index in [1.165, 1.54) is 32.4 Å². The van der Waals surface area contributed by atoms with Crippen LogP contribution in [0.1, 0.15) is 31.7 Å². The van der Waals surface area contributed by atoms with E-state index in [1.807, 2.05) is 26.0 Å². The van der Waals surface area contributed by atoms with Crippen molar-refractivity contribution in [2.45, 2.75) is 31.1 Å². The maximum atomic E-state index is 12.6. The van der Waals surface area contributed by atoms with E-state index in [1.54, 1.807) is 12.1 Å². The minimum absolute atomic E-state index is 0.0131. The van der Waals surface area contributed by atoms with Crippen LogP contribution in [-0.2, 0) is 10.1 Å². The molecule has 0 aromatic heterocycles. The Kier molecular flexibility index (Phi) is 5.72. The summed E-state index contributed by atoms with van der Waals surface area (Å²) in [4.78, 5) is 0.0131. The van der Waals surface area contributed by atoms with E-state index < -0.39 is 10.1 Å². The molecule has 0 heterocycles. The van der Waals surface area contributed by atoms with Gasteiger partial charge in [0.1, 0.15) is 10.6 Å². The molecule has 130 valence electrons. The zero-order chi connectivity index (χ0) is 17.7. The first kappa shape index (κ1) is 18.1. The first-order chi connectivity index (χ1) is 11.4. The maximum Gasteiger partial charge on any atom is 0.339 e. The van der Waals surface area contributed by atoms with Gasteiger partial charge in [-0.05, 0) is 36.1 Å². The van der Waals surface area contributed by atoms with Gasteiger partial charge >= 0.3 is 10.1 Å². The highest BCUT2D eigenvalue weighted by Crippen LogP contribution is 2.33. The fourth-order valence-corrected chi connectivity index (χ4v) is 3.29. The third kappa shape index (κ3) is 3.82. The van der Waals surface area contributed by atoms with Gasteiger partial charge in [-0.15, -0.1) is 0 Å². The lowest BCUT2D eigenvalue weighted by Gasteiger charge is -2.16. The number of rotatable bonds is 7. The number of para-hydroxylation sites is 1. The lowest BCUT2D eigenvalue weighted by molar-refractivity contribution is 0.353. The fourth-order valence-electron chi connectivity index (χ4n) is 2.32. The first-order valence-electron chi connectivity index (χ1n) is 7.68. The third-order valence-electron chi connectivity index (χ3n) is 3.91. The Hall–Kier alpha value is -2.21. The highest BCUT2D eigenvalue weighted by molar-refractivity contribution is 7.87. The zero-order valence-corrected chi connectivity index (χ0v) is 15.1. The Morgan fingerprint density at radius 1 is 0.958 bits per heavy atom. The molecule has 2 aromatic rings. The van der Waals surface area contributed by atoms with Crippen LogP contribution in [0, 0.1) is 0 Å². The van der Waals surface area contributed by atoms with Gasteiger partial charge in [-0.25, -0.2) is 0 Å². The molecule has 0 bridgehead atoms. The van der Waals surface area contributed by atoms with Gasteiger partial charge in [-0.3, -0.25) is 0 Å². The number of benzene rings is 2. The summed E-state index contributed by atoms with van der Waals surface area (Å²) in [5.41, 5.74) is 0.865. The highest BCUT2D eigenvalue weighted by Gasteiger charge is 2.21. The summed E-state index contributed by atoms with van der Waals surface area (Å²) in [6.07, 6.45) is 0.886. The molecule has 6 heteroatoms. The number of methoxy groups -OCH3 is 2. The van der Waals surface area contributed by atoms with Crippen molar-refractivity contribution >= 4 is 10.1 Å². The molecule has 5 nitrogen and oxygen atoms in total. The van der Waals surface area contributed by atoms with Crippen LogP contribution in [0.25, 0.3) is 0 Å². The number of ether oxygens (including phenoxy) is 2. The molecule has 0 amide bonds. The largest absolute Gasteiger partial charge is 0.493 e. The molecule has 0 aliphatic heterocycles. The Bertz CT molecular complexity index is 799. The SMILES string of the molecule is CCC(C)c1ccccc1OS(=O)(=O)c1ccc(OC)c(OC)c1. The summed E-state index contributed by atoms with van der Waals surface area (Å²) < 4.78 is 40.9. The Morgan fingerprint density at radius 2 is 1.62 bits per heavy atom. The van der Waals surface area contributed by atoms with E-state index in [-0.39, 0.29) is 10.8 Å². The average molecular weight is 350 g/mol. The minimum Gasteiger partial charge on any atom is -0.493 e. The summed E-state index contributed by atoms with van der Waals surface area (Å²) in [5.74, 6) is 1.33. The van der Waals surface area contributed by atoms with Crippen LogP contribution in [0.5, 0.6) is 17.2 Å². The van der Waals surface area contributed by atoms with Crippen molar-refractivity contribution in [3.8, 4) is 17.2 Å². The van der Waals surface area contributed by atoms with Gasteiger partial charge in [0.05, 0.1) is 14.2 Å². The van der Waals surface area contributed by atoms with E-state index >= 15 is 0 Å². The average Bonchev–Trinajstić information content (AvgIpc) is 2.60. The standard InChI is InChI=1S/C18H22O5S/c1-5-13(2)15-8-6-7-9-16(15)23-24(19,20)14-10-11-17(21-3)18(12-14)22-4/h6-13H,5H2,1-4H3. The molecule has 0 radical (unpaired) electrons. The minimum atomic E-state index is -3.97. The molecule has 0 saturated heterocycles. The first-order valence-corrected chi connectivity index (χ1v) is 9.09. The van der Waals surface area contributed by atoms with Gasteiger partial charge < -0.3 is 13.7 Å². The molecule has 0 spiro atoms. The van der Waals surface area contributed by atoms with Gasteiger partial charge in [-0.1, -0.05) is 32.0 Å². The lowest BCUT2D eigenvalue weighted by atomic mass is 9.98. The van der Waals surface area contributed by atoms with Crippen molar-refractivity contribution in [1.29, 1.82) is 0 Å². The van der Waals surface area contributed by atoms with Crippen LogP contribution < -0.4 is 13.7 Å². The van der Waals surface area contributed by atoms with Gasteiger partial charge in [0, 0.05) is 6.07 Å². The second-order valence-electron chi connectivity index (χ2n) is 5.40. The molecular formula is C18H22O5S. The molecule has 0 fully saturated rings. The van der Waals surface area contributed by atoms with Gasteiger partial charge in [0.25, 0.3) is 0 Å². The monoisotopic (exact) mass is 350 g/mol. The Balaban J connectivity index is 2.39. The van der Waals surface area contributed by atoms with Crippen LogP contribution in [0.3, 0.4) is 0 Å². The molecule has 2 rings (SSSR count). The molecule has 24 heavy (non-hydrogen) atoms. The van der Waals surface area contributed by atoms with Gasteiger partial charge in [0.2, 0.25) is 0 Å². The highest BCUT2D eigenvalue weighted by atomic mass is 32.2. The molecule has 1 atom stereocenters. The van der Waals surface area contributed by atoms with Crippen LogP contribution in [0.4, 0.5) is 0 Å². The molecule has 1 unspecified atom stereocenters. The fraction of sp³-hybridized carbons (Fsp3) is 0.333. The molecule has 0 saturated carbocycles. The van der Waals surface area contributed by atoms with Crippen molar-refractivity contribution in [1.82, 2.24) is 0 Å². The van der Waals surface area contributed by atoms with Crippen molar-refractivity contribution in [2.24, 2.45) is 0 Å². The van der Waals surface area contributed by atoms with Crippen LogP contribution in [-0.4, -0.2) is 22.6 Å². The topological polar surface area (TPSA) is 61.8 Å². The van der Waals surface area contributed by atoms with E-state index in [2.05, 4.69) is 0 Å². The molecule has 0 aliphatic rings. The van der Waals surface area contributed by atoms with Gasteiger partial charge in [-0.2, -0.15) is 8.42 Å². The second kappa shape index (κ2) is 7.57. The molecular weight excluding hydrogens is 328 g/mol. The molecule has 0 N–H and O–H groups in total. The Morgan fingerprint density at radius 3 is 2.25 bits per heavy atom. The zero-order valence-electron chi connectivity index (χ0n) is 14.3. The van der Waals surface area contributed by atoms with Gasteiger partial charge in [0.15, 0.2) is 11.5 Å². The predicted octanol–water partition coefficient (Wildman–Crippen LogP) is 3.99. The van der Waals surface area contributed by atoms with E-state index in [0.717, 1.165) is 12.0 Å². The molecule has 0 aliphatic carbocycles. The summed E-state index contributed by atoms with van der Waals surface area (Å²) in [6, 6.07) is 11.5. The van der Waals surface area contributed by atoms with Crippen molar-refractivity contribution in [2.75, 3.05) is 14.2 Å². The van der Waals surface area contributed by atoms with E-state index in [9.17, 15) is 8.42 Å². The van der Waals surface area contributed by atoms with Crippen molar-refractivity contribution < 1.29 is 22.1 Å². The quantitative estimate of drug-likeness (QED) is 0.707. The second-order valence-corrected chi connectivity index (χ2v) is 6.95. The van der Waals surface area contributed by atoms with Crippen molar-refractivity contribution in [3.63, 3.8) is 0 Å². The summed E-state index contributed by atoms with van der Waals surface area (Å²) in [6.45, 7) is 4.08. The lowest BCUT2D eigenvalue weighted by Crippen LogP contribution is -2.12. The van der Waals surface area contributed by atoms with Crippen LogP contribution in [0.15, 0.2) is 47.4 Å².